The van der Waals surface area contributed by atoms with Crippen molar-refractivity contribution in [2.75, 3.05) is 19.0 Å². The number of methoxy groups -OCH3 is 1. The second-order valence-corrected chi connectivity index (χ2v) is 7.78. The molecule has 0 radical (unpaired) electrons. The molecule has 0 heterocycles. The molecule has 0 bridgehead atoms. The molecule has 0 spiro atoms. The van der Waals surface area contributed by atoms with Gasteiger partial charge in [-0.15, -0.1) is 0 Å². The van der Waals surface area contributed by atoms with E-state index in [-0.39, 0.29) is 18.3 Å². The van der Waals surface area contributed by atoms with E-state index in [2.05, 4.69) is 27.9 Å². The van der Waals surface area contributed by atoms with E-state index in [1.165, 1.54) is 13.2 Å². The van der Waals surface area contributed by atoms with Crippen LogP contribution in [0.3, 0.4) is 0 Å². The predicted molar refractivity (Wildman–Crippen MR) is 126 cm³/mol. The second-order valence-electron chi connectivity index (χ2n) is 6.62. The maximum Gasteiger partial charge on any atom is 0.338 e. The van der Waals surface area contributed by atoms with Crippen LogP contribution in [0.15, 0.2) is 42.0 Å². The molecule has 162 valence electrons. The van der Waals surface area contributed by atoms with Crippen LogP contribution >= 0.6 is 22.6 Å². The fourth-order valence-corrected chi connectivity index (χ4v) is 3.34. The molecule has 0 fully saturated rings. The summed E-state index contributed by atoms with van der Waals surface area (Å²) in [6.07, 6.45) is 1.45. The normalized spacial score (nSPS) is 10.9. The van der Waals surface area contributed by atoms with E-state index < -0.39 is 11.9 Å². The summed E-state index contributed by atoms with van der Waals surface area (Å²) >= 11 is 2.12. The minimum absolute atomic E-state index is 0.0283. The van der Waals surface area contributed by atoms with Gasteiger partial charge in [0.1, 0.15) is 11.6 Å². The highest BCUT2D eigenvalue weighted by atomic mass is 127. The van der Waals surface area contributed by atoms with Crippen molar-refractivity contribution < 1.29 is 23.8 Å². The number of esters is 1. The fourth-order valence-electron chi connectivity index (χ4n) is 2.59. The van der Waals surface area contributed by atoms with Gasteiger partial charge in [0.2, 0.25) is 0 Å². The van der Waals surface area contributed by atoms with Gasteiger partial charge in [0.15, 0.2) is 11.5 Å². The number of nitriles is 1. The average molecular weight is 534 g/mol. The van der Waals surface area contributed by atoms with Gasteiger partial charge in [0.25, 0.3) is 5.91 Å². The Kier molecular flexibility index (Phi) is 8.88. The third kappa shape index (κ3) is 6.72. The number of ether oxygens (including phenoxy) is 3. The van der Waals surface area contributed by atoms with Gasteiger partial charge in [-0.3, -0.25) is 4.79 Å². The number of nitrogens with zero attached hydrogens (tertiary/aromatic N) is 1. The summed E-state index contributed by atoms with van der Waals surface area (Å²) in [7, 11) is 1.53. The molecule has 8 heteroatoms. The molecule has 1 N–H and O–H groups in total. The SMILES string of the molecule is CCOC(=O)c1ccc(NC(=O)/C(C#N)=C/c2cc(I)c(OC(C)C)c(OC)c2)cc1. The molecule has 0 saturated carbocycles. The minimum Gasteiger partial charge on any atom is -0.493 e. The third-order valence-corrected chi connectivity index (χ3v) is 4.74. The lowest BCUT2D eigenvalue weighted by Crippen LogP contribution is -2.14. The summed E-state index contributed by atoms with van der Waals surface area (Å²) < 4.78 is 16.9. The van der Waals surface area contributed by atoms with Crippen molar-refractivity contribution in [3.63, 3.8) is 0 Å². The zero-order valence-corrected chi connectivity index (χ0v) is 19.8. The van der Waals surface area contributed by atoms with E-state index in [9.17, 15) is 14.9 Å². The molecule has 2 aromatic carbocycles. The number of carbonyl (C=O) groups is 2. The number of hydrogen-bond acceptors (Lipinski definition) is 6. The Morgan fingerprint density at radius 1 is 1.23 bits per heavy atom. The van der Waals surface area contributed by atoms with Crippen LogP contribution in [0.2, 0.25) is 0 Å². The van der Waals surface area contributed by atoms with Crippen molar-refractivity contribution >= 4 is 46.2 Å². The fraction of sp³-hybridized carbons (Fsp3) is 0.261. The highest BCUT2D eigenvalue weighted by Gasteiger charge is 2.15. The molecule has 7 nitrogen and oxygen atoms in total. The van der Waals surface area contributed by atoms with Crippen molar-refractivity contribution in [2.45, 2.75) is 26.9 Å². The Hall–Kier alpha value is -3.06. The van der Waals surface area contributed by atoms with Crippen LogP contribution in [0, 0.1) is 14.9 Å². The summed E-state index contributed by atoms with van der Waals surface area (Å²) in [6, 6.07) is 11.7. The van der Waals surface area contributed by atoms with Gasteiger partial charge in [-0.25, -0.2) is 4.79 Å². The highest BCUT2D eigenvalue weighted by molar-refractivity contribution is 14.1. The largest absolute Gasteiger partial charge is 0.493 e. The lowest BCUT2D eigenvalue weighted by Gasteiger charge is -2.16. The van der Waals surface area contributed by atoms with E-state index in [1.807, 2.05) is 19.9 Å². The van der Waals surface area contributed by atoms with E-state index >= 15 is 0 Å². The Morgan fingerprint density at radius 2 is 1.90 bits per heavy atom. The van der Waals surface area contributed by atoms with Crippen LogP contribution in [0.5, 0.6) is 11.5 Å². The van der Waals surface area contributed by atoms with Crippen molar-refractivity contribution in [3.8, 4) is 17.6 Å². The average Bonchev–Trinajstić information content (AvgIpc) is 2.73. The molecular formula is C23H23IN2O5. The number of hydrogen-bond donors (Lipinski definition) is 1. The molecule has 0 saturated heterocycles. The minimum atomic E-state index is -0.567. The summed E-state index contributed by atoms with van der Waals surface area (Å²) in [5, 5.41) is 12.1. The molecule has 2 rings (SSSR count). The zero-order valence-electron chi connectivity index (χ0n) is 17.7. The molecule has 0 aliphatic rings. The first kappa shape index (κ1) is 24.2. The molecule has 0 aliphatic carbocycles. The Balaban J connectivity index is 2.23. The van der Waals surface area contributed by atoms with Crippen LogP contribution in [0.25, 0.3) is 6.08 Å². The molecule has 0 unspecified atom stereocenters. The zero-order chi connectivity index (χ0) is 23.0. The smallest absolute Gasteiger partial charge is 0.338 e. The van der Waals surface area contributed by atoms with Gasteiger partial charge in [-0.05, 0) is 91.4 Å². The van der Waals surface area contributed by atoms with Crippen LogP contribution in [-0.4, -0.2) is 31.7 Å². The number of nitrogens with one attached hydrogen (secondary N) is 1. The monoisotopic (exact) mass is 534 g/mol. The van der Waals surface area contributed by atoms with E-state index in [0.29, 0.717) is 28.3 Å². The first-order valence-corrected chi connectivity index (χ1v) is 10.6. The van der Waals surface area contributed by atoms with Crippen LogP contribution in [0.1, 0.15) is 36.7 Å². The maximum atomic E-state index is 12.6. The van der Waals surface area contributed by atoms with Crippen LogP contribution < -0.4 is 14.8 Å². The third-order valence-electron chi connectivity index (χ3n) is 3.94. The number of amides is 1. The molecule has 0 atom stereocenters. The van der Waals surface area contributed by atoms with Gasteiger partial charge in [-0.2, -0.15) is 5.26 Å². The number of carbonyl (C=O) groups excluding carboxylic acids is 2. The molecular weight excluding hydrogens is 511 g/mol. The second kappa shape index (κ2) is 11.4. The lowest BCUT2D eigenvalue weighted by molar-refractivity contribution is -0.112. The van der Waals surface area contributed by atoms with Gasteiger partial charge in [0, 0.05) is 5.69 Å². The van der Waals surface area contributed by atoms with Crippen molar-refractivity contribution in [1.29, 1.82) is 5.26 Å². The van der Waals surface area contributed by atoms with E-state index in [1.54, 1.807) is 43.3 Å². The molecule has 0 aliphatic heterocycles. The first-order valence-electron chi connectivity index (χ1n) is 9.53. The summed E-state index contributed by atoms with van der Waals surface area (Å²) in [5.74, 6) is 0.119. The number of rotatable bonds is 8. The van der Waals surface area contributed by atoms with Crippen molar-refractivity contribution in [1.82, 2.24) is 0 Å². The summed E-state index contributed by atoms with van der Waals surface area (Å²) in [4.78, 5) is 24.3. The number of halogens is 1. The molecule has 0 aromatic heterocycles. The predicted octanol–water partition coefficient (Wildman–Crippen LogP) is 4.81. The molecule has 31 heavy (non-hydrogen) atoms. The van der Waals surface area contributed by atoms with Gasteiger partial charge < -0.3 is 19.5 Å². The Morgan fingerprint density at radius 3 is 2.45 bits per heavy atom. The van der Waals surface area contributed by atoms with E-state index in [0.717, 1.165) is 3.57 Å². The summed E-state index contributed by atoms with van der Waals surface area (Å²) in [5.41, 5.74) is 1.37. The highest BCUT2D eigenvalue weighted by Crippen LogP contribution is 2.35. The first-order chi connectivity index (χ1) is 14.8. The van der Waals surface area contributed by atoms with Gasteiger partial charge >= 0.3 is 5.97 Å². The Labute approximate surface area is 195 Å². The van der Waals surface area contributed by atoms with Crippen LogP contribution in [-0.2, 0) is 9.53 Å². The molecule has 2 aromatic rings. The lowest BCUT2D eigenvalue weighted by atomic mass is 10.1. The van der Waals surface area contributed by atoms with Gasteiger partial charge in [-0.1, -0.05) is 0 Å². The summed E-state index contributed by atoms with van der Waals surface area (Å²) in [6.45, 7) is 5.84. The van der Waals surface area contributed by atoms with Crippen molar-refractivity contribution in [3.05, 3.63) is 56.7 Å². The van der Waals surface area contributed by atoms with Crippen molar-refractivity contribution in [2.24, 2.45) is 0 Å². The number of anilines is 1. The topological polar surface area (TPSA) is 97.7 Å². The Bertz CT molecular complexity index is 1020. The van der Waals surface area contributed by atoms with Gasteiger partial charge in [0.05, 0.1) is 29.0 Å². The number of benzene rings is 2. The standard InChI is InChI=1S/C23H23IN2O5/c1-5-30-23(28)16-6-8-18(9-7-16)26-22(27)17(13-25)10-15-11-19(24)21(31-14(2)3)20(12-15)29-4/h6-12,14H,5H2,1-4H3,(H,26,27)/b17-10+. The molecule has 1 amide bonds. The maximum absolute atomic E-state index is 12.6. The quantitative estimate of drug-likeness (QED) is 0.226. The van der Waals surface area contributed by atoms with Crippen LogP contribution in [0.4, 0.5) is 5.69 Å². The van der Waals surface area contributed by atoms with E-state index in [4.69, 9.17) is 14.2 Å².